The van der Waals surface area contributed by atoms with Crippen molar-refractivity contribution < 1.29 is 23.8 Å². The first-order chi connectivity index (χ1) is 20.7. The standard InChI is InChI=1S/C34H37N3O5S/c1-34(2,3)42-33(39)37-14-12-23(20-37)22-41-25-9-7-8-24(18-25)40-16-15-36-21-27(26-10-5-6-11-28(26)36)32(38)30-19-31-29(35(30)4)13-17-43-31/h5-11,13,17-19,21,23H,12,14-16,20,22H2,1-4H3. The number of rotatable bonds is 9. The van der Waals surface area contributed by atoms with Gasteiger partial charge in [0.2, 0.25) is 5.78 Å². The van der Waals surface area contributed by atoms with E-state index in [4.69, 9.17) is 14.2 Å². The number of nitrogens with zero attached hydrogens (tertiary/aromatic N) is 3. The molecule has 1 aliphatic heterocycles. The molecule has 0 bridgehead atoms. The maximum absolute atomic E-state index is 13.7. The molecule has 6 rings (SSSR count). The Labute approximate surface area is 255 Å². The van der Waals surface area contributed by atoms with E-state index < -0.39 is 5.60 Å². The molecule has 8 nitrogen and oxygen atoms in total. The predicted octanol–water partition coefficient (Wildman–Crippen LogP) is 7.14. The minimum Gasteiger partial charge on any atom is -0.493 e. The summed E-state index contributed by atoms with van der Waals surface area (Å²) in [5.41, 5.74) is 2.95. The summed E-state index contributed by atoms with van der Waals surface area (Å²) in [5, 5.41) is 2.98. The van der Waals surface area contributed by atoms with E-state index >= 15 is 0 Å². The van der Waals surface area contributed by atoms with Crippen molar-refractivity contribution in [1.29, 1.82) is 0 Å². The molecule has 1 unspecified atom stereocenters. The number of ketones is 1. The van der Waals surface area contributed by atoms with Crippen molar-refractivity contribution in [3.8, 4) is 11.5 Å². The second-order valence-electron chi connectivity index (χ2n) is 12.1. The minimum atomic E-state index is -0.500. The van der Waals surface area contributed by atoms with E-state index in [9.17, 15) is 9.59 Å². The summed E-state index contributed by atoms with van der Waals surface area (Å²) in [6, 6.07) is 19.7. The smallest absolute Gasteiger partial charge is 0.410 e. The lowest BCUT2D eigenvalue weighted by Gasteiger charge is -2.24. The Balaban J connectivity index is 1.06. The number of benzene rings is 2. The fourth-order valence-electron chi connectivity index (χ4n) is 5.61. The number of aromatic nitrogens is 2. The van der Waals surface area contributed by atoms with Crippen LogP contribution in [0.5, 0.6) is 11.5 Å². The van der Waals surface area contributed by atoms with Crippen molar-refractivity contribution in [1.82, 2.24) is 14.0 Å². The van der Waals surface area contributed by atoms with Crippen LogP contribution in [0.25, 0.3) is 21.1 Å². The Hall–Kier alpha value is -4.24. The van der Waals surface area contributed by atoms with Crippen molar-refractivity contribution in [3.63, 3.8) is 0 Å². The Morgan fingerprint density at radius 3 is 2.56 bits per heavy atom. The van der Waals surface area contributed by atoms with E-state index in [0.717, 1.165) is 39.0 Å². The molecule has 1 fully saturated rings. The maximum Gasteiger partial charge on any atom is 0.410 e. The van der Waals surface area contributed by atoms with E-state index in [1.165, 1.54) is 0 Å². The molecule has 0 N–H and O–H groups in total. The molecule has 0 aliphatic carbocycles. The van der Waals surface area contributed by atoms with Gasteiger partial charge in [0.15, 0.2) is 0 Å². The molecule has 43 heavy (non-hydrogen) atoms. The minimum absolute atomic E-state index is 0.0168. The second-order valence-corrected chi connectivity index (χ2v) is 13.0. The molecule has 1 amide bonds. The van der Waals surface area contributed by atoms with Gasteiger partial charge in [-0.2, -0.15) is 0 Å². The first-order valence-electron chi connectivity index (χ1n) is 14.7. The van der Waals surface area contributed by atoms with E-state index in [1.807, 2.05) is 105 Å². The molecule has 224 valence electrons. The van der Waals surface area contributed by atoms with Crippen molar-refractivity contribution in [3.05, 3.63) is 83.5 Å². The van der Waals surface area contributed by atoms with E-state index in [2.05, 4.69) is 4.57 Å². The number of carbonyl (C=O) groups excluding carboxylic acids is 2. The third-order valence-corrected chi connectivity index (χ3v) is 8.61. The summed E-state index contributed by atoms with van der Waals surface area (Å²) in [5.74, 6) is 1.72. The molecule has 0 radical (unpaired) electrons. The van der Waals surface area contributed by atoms with Gasteiger partial charge < -0.3 is 28.2 Å². The van der Waals surface area contributed by atoms with Gasteiger partial charge in [-0.3, -0.25) is 4.79 Å². The summed E-state index contributed by atoms with van der Waals surface area (Å²) in [6.07, 6.45) is 2.56. The molecular weight excluding hydrogens is 562 g/mol. The van der Waals surface area contributed by atoms with Gasteiger partial charge in [0.1, 0.15) is 23.7 Å². The Morgan fingerprint density at radius 1 is 0.977 bits per heavy atom. The zero-order chi connectivity index (χ0) is 30.1. The van der Waals surface area contributed by atoms with Crippen molar-refractivity contribution in [2.24, 2.45) is 13.0 Å². The quantitative estimate of drug-likeness (QED) is 0.168. The van der Waals surface area contributed by atoms with Crippen LogP contribution in [0.15, 0.2) is 72.2 Å². The van der Waals surface area contributed by atoms with Crippen LogP contribution in [0.2, 0.25) is 0 Å². The summed E-state index contributed by atoms with van der Waals surface area (Å²) in [4.78, 5) is 27.8. The number of para-hydroxylation sites is 1. The maximum atomic E-state index is 13.7. The number of hydrogen-bond acceptors (Lipinski definition) is 6. The molecule has 9 heteroatoms. The van der Waals surface area contributed by atoms with Crippen LogP contribution in [0.4, 0.5) is 4.79 Å². The average Bonchev–Trinajstić information content (AvgIpc) is 3.76. The lowest BCUT2D eigenvalue weighted by molar-refractivity contribution is 0.0284. The number of likely N-dealkylation sites (tertiary alicyclic amines) is 1. The number of amides is 1. The monoisotopic (exact) mass is 599 g/mol. The fourth-order valence-corrected chi connectivity index (χ4v) is 6.46. The van der Waals surface area contributed by atoms with Crippen LogP contribution in [-0.2, 0) is 18.3 Å². The van der Waals surface area contributed by atoms with Crippen LogP contribution in [0.1, 0.15) is 43.2 Å². The van der Waals surface area contributed by atoms with Gasteiger partial charge in [0, 0.05) is 54.8 Å². The van der Waals surface area contributed by atoms with Gasteiger partial charge in [-0.15, -0.1) is 11.3 Å². The van der Waals surface area contributed by atoms with Crippen LogP contribution >= 0.6 is 11.3 Å². The SMILES string of the molecule is Cn1c(C(=O)c2cn(CCOc3cccc(OCC4CCN(C(=O)OC(C)(C)C)C4)c3)c3ccccc23)cc2sccc21. The first kappa shape index (κ1) is 28.9. The largest absolute Gasteiger partial charge is 0.493 e. The highest BCUT2D eigenvalue weighted by Crippen LogP contribution is 2.29. The molecule has 2 aromatic carbocycles. The van der Waals surface area contributed by atoms with Crippen LogP contribution in [0, 0.1) is 5.92 Å². The summed E-state index contributed by atoms with van der Waals surface area (Å²) in [7, 11) is 1.94. The lowest BCUT2D eigenvalue weighted by Crippen LogP contribution is -2.35. The van der Waals surface area contributed by atoms with Gasteiger partial charge in [0.05, 0.1) is 29.1 Å². The molecule has 1 aliphatic rings. The topological polar surface area (TPSA) is 74.9 Å². The number of fused-ring (bicyclic) bond motifs is 2. The van der Waals surface area contributed by atoms with Crippen molar-refractivity contribution in [2.75, 3.05) is 26.3 Å². The normalized spacial score (nSPS) is 15.3. The summed E-state index contributed by atoms with van der Waals surface area (Å²) < 4.78 is 22.9. The molecule has 1 atom stereocenters. The van der Waals surface area contributed by atoms with E-state index in [-0.39, 0.29) is 17.8 Å². The number of carbonyl (C=O) groups is 2. The Bertz CT molecular complexity index is 1780. The highest BCUT2D eigenvalue weighted by molar-refractivity contribution is 7.17. The highest BCUT2D eigenvalue weighted by Gasteiger charge is 2.30. The number of thiophene rings is 1. The summed E-state index contributed by atoms with van der Waals surface area (Å²) in [6.45, 7) is 8.48. The van der Waals surface area contributed by atoms with Gasteiger partial charge in [-0.25, -0.2) is 4.79 Å². The molecule has 3 aromatic heterocycles. The Morgan fingerprint density at radius 2 is 1.77 bits per heavy atom. The number of ether oxygens (including phenoxy) is 3. The van der Waals surface area contributed by atoms with Crippen molar-refractivity contribution in [2.45, 2.75) is 39.3 Å². The van der Waals surface area contributed by atoms with E-state index in [0.29, 0.717) is 44.1 Å². The van der Waals surface area contributed by atoms with Gasteiger partial charge in [-0.05, 0) is 62.9 Å². The number of hydrogen-bond donors (Lipinski definition) is 0. The summed E-state index contributed by atoms with van der Waals surface area (Å²) >= 11 is 1.64. The van der Waals surface area contributed by atoms with Gasteiger partial charge in [-0.1, -0.05) is 24.3 Å². The fraction of sp³-hybridized carbons (Fsp3) is 0.353. The Kier molecular flexibility index (Phi) is 7.92. The first-order valence-corrected chi connectivity index (χ1v) is 15.5. The van der Waals surface area contributed by atoms with Crippen LogP contribution in [-0.4, -0.2) is 57.8 Å². The van der Waals surface area contributed by atoms with Gasteiger partial charge >= 0.3 is 6.09 Å². The zero-order valence-electron chi connectivity index (χ0n) is 25.0. The average molecular weight is 600 g/mol. The molecule has 5 aromatic rings. The van der Waals surface area contributed by atoms with E-state index in [1.54, 1.807) is 16.2 Å². The van der Waals surface area contributed by atoms with Crippen LogP contribution < -0.4 is 9.47 Å². The van der Waals surface area contributed by atoms with Crippen molar-refractivity contribution >= 4 is 44.3 Å². The van der Waals surface area contributed by atoms with Crippen LogP contribution in [0.3, 0.4) is 0 Å². The zero-order valence-corrected chi connectivity index (χ0v) is 25.9. The highest BCUT2D eigenvalue weighted by atomic mass is 32.1. The lowest BCUT2D eigenvalue weighted by atomic mass is 10.1. The third kappa shape index (κ3) is 6.27. The molecule has 0 spiro atoms. The molecule has 1 saturated heterocycles. The van der Waals surface area contributed by atoms with Gasteiger partial charge in [0.25, 0.3) is 0 Å². The molecule has 0 saturated carbocycles. The predicted molar refractivity (Wildman–Crippen MR) is 170 cm³/mol. The molecular formula is C34H37N3O5S. The third-order valence-electron chi connectivity index (χ3n) is 7.76. The molecule has 4 heterocycles. The second kappa shape index (κ2) is 11.8. The number of aryl methyl sites for hydroxylation is 1.